The van der Waals surface area contributed by atoms with Gasteiger partial charge in [0.2, 0.25) is 5.89 Å². The molecule has 3 N–H and O–H groups in total. The molecule has 5 heteroatoms. The fourth-order valence-electron chi connectivity index (χ4n) is 7.68. The molecule has 4 aliphatic carbocycles. The summed E-state index contributed by atoms with van der Waals surface area (Å²) < 4.78 is 5.92. The molecule has 0 aliphatic heterocycles. The van der Waals surface area contributed by atoms with Crippen LogP contribution in [0.2, 0.25) is 0 Å². The number of fused-ring (bicyclic) bond motifs is 1. The van der Waals surface area contributed by atoms with Gasteiger partial charge in [-0.1, -0.05) is 57.2 Å². The van der Waals surface area contributed by atoms with Crippen LogP contribution in [0.4, 0.5) is 0 Å². The van der Waals surface area contributed by atoms with E-state index >= 15 is 0 Å². The van der Waals surface area contributed by atoms with Gasteiger partial charge >= 0.3 is 0 Å². The number of aliphatic hydroxyl groups is 3. The number of aryl methyl sites for hydroxylation is 1. The van der Waals surface area contributed by atoms with Crippen LogP contribution < -0.4 is 0 Å². The Balaban J connectivity index is 1.28. The highest BCUT2D eigenvalue weighted by Crippen LogP contribution is 2.60. The molecule has 4 saturated carbocycles. The Morgan fingerprint density at radius 2 is 1.97 bits per heavy atom. The first-order valence-corrected chi connectivity index (χ1v) is 14.4. The fraction of sp³-hybridized carbons (Fsp3) is 0.656. The van der Waals surface area contributed by atoms with E-state index in [0.717, 1.165) is 42.6 Å². The lowest BCUT2D eigenvalue weighted by Crippen LogP contribution is -2.35. The number of oxazole rings is 1. The molecule has 1 heterocycles. The SMILES string of the molecule is C=C1C(=CC=C2CCC[C@]3(C)[C@@H]([C@@H](C)C=C[C@H](O)C4(c5ncc(CC)o5)CC4)CC[C@@H]23)C[C@@H](O)C[C@@H]1O. The third kappa shape index (κ3) is 4.95. The van der Waals surface area contributed by atoms with Gasteiger partial charge in [-0.2, -0.15) is 0 Å². The first-order valence-electron chi connectivity index (χ1n) is 14.4. The van der Waals surface area contributed by atoms with Gasteiger partial charge in [-0.05, 0) is 85.7 Å². The molecule has 4 aliphatic rings. The highest BCUT2D eigenvalue weighted by atomic mass is 16.4. The van der Waals surface area contributed by atoms with E-state index in [1.807, 2.05) is 6.08 Å². The van der Waals surface area contributed by atoms with Gasteiger partial charge in [0, 0.05) is 12.8 Å². The average Bonchev–Trinajstić information content (AvgIpc) is 3.39. The van der Waals surface area contributed by atoms with E-state index in [1.165, 1.54) is 31.3 Å². The van der Waals surface area contributed by atoms with E-state index in [4.69, 9.17) is 4.42 Å². The van der Waals surface area contributed by atoms with Crippen molar-refractivity contribution in [3.8, 4) is 0 Å². The van der Waals surface area contributed by atoms with Gasteiger partial charge in [-0.25, -0.2) is 4.98 Å². The zero-order valence-corrected chi connectivity index (χ0v) is 22.8. The van der Waals surface area contributed by atoms with Crippen molar-refractivity contribution in [2.45, 2.75) is 109 Å². The summed E-state index contributed by atoms with van der Waals surface area (Å²) in [5.41, 5.74) is 3.15. The second kappa shape index (κ2) is 10.3. The Morgan fingerprint density at radius 1 is 1.19 bits per heavy atom. The topological polar surface area (TPSA) is 86.7 Å². The summed E-state index contributed by atoms with van der Waals surface area (Å²) in [6.45, 7) is 10.9. The lowest BCUT2D eigenvalue weighted by atomic mass is 9.61. The van der Waals surface area contributed by atoms with Crippen LogP contribution in [0.1, 0.15) is 90.2 Å². The number of hydrogen-bond acceptors (Lipinski definition) is 5. The maximum atomic E-state index is 11.1. The molecule has 7 atom stereocenters. The first-order chi connectivity index (χ1) is 17.7. The van der Waals surface area contributed by atoms with Crippen molar-refractivity contribution in [3.63, 3.8) is 0 Å². The number of hydrogen-bond donors (Lipinski definition) is 3. The van der Waals surface area contributed by atoms with Gasteiger partial charge in [-0.15, -0.1) is 0 Å². The minimum absolute atomic E-state index is 0.246. The molecule has 5 nitrogen and oxygen atoms in total. The lowest BCUT2D eigenvalue weighted by Gasteiger charge is -2.44. The normalized spacial score (nSPS) is 37.3. The van der Waals surface area contributed by atoms with Gasteiger partial charge in [-0.3, -0.25) is 0 Å². The van der Waals surface area contributed by atoms with Crippen LogP contribution in [0.3, 0.4) is 0 Å². The van der Waals surface area contributed by atoms with Crippen LogP contribution in [-0.4, -0.2) is 38.6 Å². The third-order valence-electron chi connectivity index (χ3n) is 10.2. The van der Waals surface area contributed by atoms with Crippen molar-refractivity contribution in [2.24, 2.45) is 23.2 Å². The van der Waals surface area contributed by atoms with E-state index in [1.54, 1.807) is 6.20 Å². The Bertz CT molecular complexity index is 1090. The zero-order chi connectivity index (χ0) is 26.4. The van der Waals surface area contributed by atoms with Crippen molar-refractivity contribution in [2.75, 3.05) is 0 Å². The second-order valence-electron chi connectivity index (χ2n) is 12.5. The molecular weight excluding hydrogens is 462 g/mol. The van der Waals surface area contributed by atoms with E-state index in [9.17, 15) is 15.3 Å². The summed E-state index contributed by atoms with van der Waals surface area (Å²) >= 11 is 0. The zero-order valence-electron chi connectivity index (χ0n) is 22.8. The Labute approximate surface area is 222 Å². The number of nitrogens with zero attached hydrogens (tertiary/aromatic N) is 1. The van der Waals surface area contributed by atoms with Crippen molar-refractivity contribution in [1.82, 2.24) is 4.98 Å². The molecule has 1 aromatic rings. The monoisotopic (exact) mass is 507 g/mol. The van der Waals surface area contributed by atoms with Gasteiger partial charge in [0.15, 0.2) is 0 Å². The van der Waals surface area contributed by atoms with Crippen LogP contribution in [0.25, 0.3) is 0 Å². The largest absolute Gasteiger partial charge is 0.445 e. The third-order valence-corrected chi connectivity index (χ3v) is 10.2. The Morgan fingerprint density at radius 3 is 2.68 bits per heavy atom. The molecule has 5 rings (SSSR count). The summed E-state index contributed by atoms with van der Waals surface area (Å²) in [5.74, 6) is 3.10. The quantitative estimate of drug-likeness (QED) is 0.396. The van der Waals surface area contributed by atoms with Crippen molar-refractivity contribution >= 4 is 0 Å². The molecule has 37 heavy (non-hydrogen) atoms. The van der Waals surface area contributed by atoms with E-state index in [2.05, 4.69) is 50.6 Å². The molecule has 0 amide bonds. The minimum Gasteiger partial charge on any atom is -0.445 e. The van der Waals surface area contributed by atoms with Crippen LogP contribution in [0, 0.1) is 23.2 Å². The maximum absolute atomic E-state index is 11.1. The van der Waals surface area contributed by atoms with E-state index in [0.29, 0.717) is 36.5 Å². The van der Waals surface area contributed by atoms with Crippen LogP contribution in [0.5, 0.6) is 0 Å². The van der Waals surface area contributed by atoms with Gasteiger partial charge in [0.1, 0.15) is 5.76 Å². The molecule has 0 saturated heterocycles. The van der Waals surface area contributed by atoms with Crippen molar-refractivity contribution in [3.05, 3.63) is 65.5 Å². The number of rotatable bonds is 7. The molecule has 0 radical (unpaired) electrons. The predicted molar refractivity (Wildman–Crippen MR) is 146 cm³/mol. The molecule has 1 aromatic heterocycles. The molecule has 4 fully saturated rings. The van der Waals surface area contributed by atoms with Gasteiger partial charge < -0.3 is 19.7 Å². The maximum Gasteiger partial charge on any atom is 0.203 e. The smallest absolute Gasteiger partial charge is 0.203 e. The van der Waals surface area contributed by atoms with E-state index in [-0.39, 0.29) is 10.8 Å². The number of allylic oxidation sites excluding steroid dienone is 4. The fourth-order valence-corrected chi connectivity index (χ4v) is 7.68. The van der Waals surface area contributed by atoms with Gasteiger partial charge in [0.25, 0.3) is 0 Å². The number of aliphatic hydroxyl groups excluding tert-OH is 3. The lowest BCUT2D eigenvalue weighted by molar-refractivity contribution is 0.0862. The molecular formula is C32H45NO4. The van der Waals surface area contributed by atoms with Crippen LogP contribution in [0.15, 0.2) is 58.2 Å². The Hall–Kier alpha value is -1.95. The highest BCUT2D eigenvalue weighted by molar-refractivity contribution is 5.38. The summed E-state index contributed by atoms with van der Waals surface area (Å²) in [5, 5.41) is 31.4. The van der Waals surface area contributed by atoms with Crippen LogP contribution >= 0.6 is 0 Å². The molecule has 0 unspecified atom stereocenters. The second-order valence-corrected chi connectivity index (χ2v) is 12.5. The van der Waals surface area contributed by atoms with Crippen molar-refractivity contribution in [1.29, 1.82) is 0 Å². The standard InChI is InChI=1S/C32H45NO4/c1-5-25-19-33-30(37-25)32(15-16-32)29(36)13-8-20(2)26-11-12-27-22(7-6-14-31(26,27)4)9-10-23-17-24(34)18-28(35)21(23)3/h8-10,13,19-20,24,26-29,34-36H,3,5-7,11-12,14-18H2,1-2,4H3/t20-,24+,26+,27-,28-,29-,31+/m0/s1. The summed E-state index contributed by atoms with van der Waals surface area (Å²) in [7, 11) is 0. The Kier molecular flexibility index (Phi) is 7.43. The summed E-state index contributed by atoms with van der Waals surface area (Å²) in [6.07, 6.45) is 18.3. The highest BCUT2D eigenvalue weighted by Gasteiger charge is 2.54. The molecule has 0 spiro atoms. The predicted octanol–water partition coefficient (Wildman–Crippen LogP) is 5.96. The average molecular weight is 508 g/mol. The summed E-state index contributed by atoms with van der Waals surface area (Å²) in [6, 6.07) is 0. The summed E-state index contributed by atoms with van der Waals surface area (Å²) in [4.78, 5) is 4.48. The molecule has 0 aromatic carbocycles. The molecule has 0 bridgehead atoms. The van der Waals surface area contributed by atoms with E-state index < -0.39 is 18.3 Å². The number of aromatic nitrogens is 1. The minimum atomic E-state index is -0.643. The first kappa shape index (κ1) is 26.6. The van der Waals surface area contributed by atoms with Gasteiger partial charge in [0.05, 0.1) is 29.9 Å². The van der Waals surface area contributed by atoms with Crippen LogP contribution in [-0.2, 0) is 11.8 Å². The molecule has 202 valence electrons. The van der Waals surface area contributed by atoms with Crippen molar-refractivity contribution < 1.29 is 19.7 Å².